The number of ketones is 1. The van der Waals surface area contributed by atoms with Gasteiger partial charge in [-0.15, -0.1) is 0 Å². The van der Waals surface area contributed by atoms with Crippen molar-refractivity contribution in [2.45, 2.75) is 13.0 Å². The van der Waals surface area contributed by atoms with Crippen LogP contribution in [0.5, 0.6) is 0 Å². The quantitative estimate of drug-likeness (QED) is 0.773. The largest absolute Gasteiger partial charge is 0.366 e. The highest BCUT2D eigenvalue weighted by Crippen LogP contribution is 2.23. The summed E-state index contributed by atoms with van der Waals surface area (Å²) in [6.07, 6.45) is -0.814. The van der Waals surface area contributed by atoms with E-state index in [2.05, 4.69) is 0 Å². The van der Waals surface area contributed by atoms with Crippen molar-refractivity contribution in [2.24, 2.45) is 0 Å². The molecule has 0 saturated carbocycles. The van der Waals surface area contributed by atoms with E-state index in [-0.39, 0.29) is 11.6 Å². The number of hydrogen-bond donors (Lipinski definition) is 0. The zero-order chi connectivity index (χ0) is 14.5. The smallest absolute Gasteiger partial charge is 0.196 e. The van der Waals surface area contributed by atoms with Gasteiger partial charge in [0, 0.05) is 12.2 Å². The Morgan fingerprint density at radius 3 is 2.00 bits per heavy atom. The molecule has 0 N–H and O–H groups in total. The van der Waals surface area contributed by atoms with Gasteiger partial charge < -0.3 is 4.74 Å². The molecule has 2 nitrogen and oxygen atoms in total. The Morgan fingerprint density at radius 1 is 1.00 bits per heavy atom. The lowest BCUT2D eigenvalue weighted by Gasteiger charge is -2.16. The molecular weight excluding hydrogens is 262 g/mol. The molecule has 0 bridgehead atoms. The van der Waals surface area contributed by atoms with Crippen molar-refractivity contribution >= 4 is 5.78 Å². The number of rotatable bonds is 5. The summed E-state index contributed by atoms with van der Waals surface area (Å²) in [6, 6.07) is 10.8. The van der Waals surface area contributed by atoms with Crippen LogP contribution < -0.4 is 0 Å². The predicted molar refractivity (Wildman–Crippen MR) is 71.5 cm³/mol. The van der Waals surface area contributed by atoms with Gasteiger partial charge in [0.25, 0.3) is 0 Å². The fraction of sp³-hybridized carbons (Fsp3) is 0.188. The molecule has 0 aliphatic heterocycles. The molecule has 0 heterocycles. The van der Waals surface area contributed by atoms with Crippen molar-refractivity contribution in [1.82, 2.24) is 0 Å². The standard InChI is InChI=1S/C16H14F2O2/c1-2-20-16(12-5-9-14(18)10-6-12)15(19)11-3-7-13(17)8-4-11/h3-10,16H,2H2,1H3. The summed E-state index contributed by atoms with van der Waals surface area (Å²) in [5.41, 5.74) is 0.928. The molecule has 20 heavy (non-hydrogen) atoms. The van der Waals surface area contributed by atoms with Crippen LogP contribution in [0.25, 0.3) is 0 Å². The summed E-state index contributed by atoms with van der Waals surface area (Å²) >= 11 is 0. The van der Waals surface area contributed by atoms with Crippen molar-refractivity contribution < 1.29 is 18.3 Å². The number of carbonyl (C=O) groups excluding carboxylic acids is 1. The highest BCUT2D eigenvalue weighted by atomic mass is 19.1. The van der Waals surface area contributed by atoms with Crippen LogP contribution in [0.4, 0.5) is 8.78 Å². The second-order valence-corrected chi connectivity index (χ2v) is 4.26. The highest BCUT2D eigenvalue weighted by molar-refractivity contribution is 6.00. The molecule has 0 spiro atoms. The summed E-state index contributed by atoms with van der Waals surface area (Å²) in [4.78, 5) is 12.4. The lowest BCUT2D eigenvalue weighted by Crippen LogP contribution is -2.16. The van der Waals surface area contributed by atoms with E-state index in [0.717, 1.165) is 0 Å². The van der Waals surface area contributed by atoms with Gasteiger partial charge in [0.2, 0.25) is 0 Å². The fourth-order valence-corrected chi connectivity index (χ4v) is 1.89. The molecule has 0 fully saturated rings. The van der Waals surface area contributed by atoms with Gasteiger partial charge in [-0.05, 0) is 48.9 Å². The lowest BCUT2D eigenvalue weighted by molar-refractivity contribution is 0.0452. The molecule has 104 valence electrons. The number of ether oxygens (including phenoxy) is 1. The van der Waals surface area contributed by atoms with E-state index in [0.29, 0.717) is 17.7 Å². The molecule has 0 radical (unpaired) electrons. The second-order valence-electron chi connectivity index (χ2n) is 4.26. The third-order valence-corrected chi connectivity index (χ3v) is 2.87. The first kappa shape index (κ1) is 14.3. The molecular formula is C16H14F2O2. The van der Waals surface area contributed by atoms with Gasteiger partial charge in [-0.2, -0.15) is 0 Å². The Balaban J connectivity index is 2.30. The predicted octanol–water partition coefficient (Wildman–Crippen LogP) is 3.93. The van der Waals surface area contributed by atoms with Gasteiger partial charge in [0.05, 0.1) is 0 Å². The Labute approximate surface area is 116 Å². The van der Waals surface area contributed by atoms with Gasteiger partial charge >= 0.3 is 0 Å². The number of benzene rings is 2. The third kappa shape index (κ3) is 3.27. The fourth-order valence-electron chi connectivity index (χ4n) is 1.89. The molecule has 2 rings (SSSR count). The molecule has 0 aliphatic rings. The maximum atomic E-state index is 12.9. The number of carbonyl (C=O) groups is 1. The van der Waals surface area contributed by atoms with Crippen LogP contribution in [0.1, 0.15) is 28.9 Å². The molecule has 1 atom stereocenters. The van der Waals surface area contributed by atoms with Crippen molar-refractivity contribution in [1.29, 1.82) is 0 Å². The summed E-state index contributed by atoms with van der Waals surface area (Å²) in [5, 5.41) is 0. The van der Waals surface area contributed by atoms with E-state index in [9.17, 15) is 13.6 Å². The third-order valence-electron chi connectivity index (χ3n) is 2.87. The van der Waals surface area contributed by atoms with Gasteiger partial charge in [-0.3, -0.25) is 4.79 Å². The molecule has 4 heteroatoms. The van der Waals surface area contributed by atoms with E-state index in [1.54, 1.807) is 6.92 Å². The van der Waals surface area contributed by atoms with Crippen LogP contribution in [-0.2, 0) is 4.74 Å². The molecule has 0 saturated heterocycles. The van der Waals surface area contributed by atoms with Crippen LogP contribution in [0.2, 0.25) is 0 Å². The zero-order valence-corrected chi connectivity index (χ0v) is 11.0. The summed E-state index contributed by atoms with van der Waals surface area (Å²) in [6.45, 7) is 2.11. The monoisotopic (exact) mass is 276 g/mol. The Morgan fingerprint density at radius 2 is 1.50 bits per heavy atom. The van der Waals surface area contributed by atoms with E-state index < -0.39 is 11.9 Å². The van der Waals surface area contributed by atoms with Gasteiger partial charge in [-0.1, -0.05) is 12.1 Å². The van der Waals surface area contributed by atoms with E-state index in [1.165, 1.54) is 48.5 Å². The van der Waals surface area contributed by atoms with Crippen molar-refractivity contribution in [2.75, 3.05) is 6.61 Å². The van der Waals surface area contributed by atoms with Crippen molar-refractivity contribution in [3.05, 3.63) is 71.3 Å². The first-order chi connectivity index (χ1) is 9.61. The lowest BCUT2D eigenvalue weighted by atomic mass is 9.99. The van der Waals surface area contributed by atoms with Crippen LogP contribution in [-0.4, -0.2) is 12.4 Å². The summed E-state index contributed by atoms with van der Waals surface area (Å²) in [5.74, 6) is -1.06. The van der Waals surface area contributed by atoms with Gasteiger partial charge in [0.15, 0.2) is 5.78 Å². The maximum Gasteiger partial charge on any atom is 0.196 e. The van der Waals surface area contributed by atoms with Crippen LogP contribution in [0.15, 0.2) is 48.5 Å². The minimum atomic E-state index is -0.814. The van der Waals surface area contributed by atoms with Crippen LogP contribution >= 0.6 is 0 Å². The SMILES string of the molecule is CCOC(C(=O)c1ccc(F)cc1)c1ccc(F)cc1. The minimum Gasteiger partial charge on any atom is -0.366 e. The average Bonchev–Trinajstić information content (AvgIpc) is 2.46. The first-order valence-corrected chi connectivity index (χ1v) is 6.28. The molecule has 1 unspecified atom stereocenters. The second kappa shape index (κ2) is 6.39. The number of halogens is 2. The van der Waals surface area contributed by atoms with E-state index in [1.807, 2.05) is 0 Å². The maximum absolute atomic E-state index is 12.9. The number of Topliss-reactive ketones (excluding diaryl/α,β-unsaturated/α-hetero) is 1. The highest BCUT2D eigenvalue weighted by Gasteiger charge is 2.22. The Hall–Kier alpha value is -2.07. The molecule has 0 aliphatic carbocycles. The topological polar surface area (TPSA) is 26.3 Å². The molecule has 0 aromatic heterocycles. The average molecular weight is 276 g/mol. The van der Waals surface area contributed by atoms with Crippen LogP contribution in [0, 0.1) is 11.6 Å². The molecule has 0 amide bonds. The molecule has 2 aromatic rings. The Bertz CT molecular complexity index is 576. The summed E-state index contributed by atoms with van der Waals surface area (Å²) < 4.78 is 31.3. The minimum absolute atomic E-state index is 0.279. The van der Waals surface area contributed by atoms with Gasteiger partial charge in [-0.25, -0.2) is 8.78 Å². The first-order valence-electron chi connectivity index (χ1n) is 6.28. The summed E-state index contributed by atoms with van der Waals surface area (Å²) in [7, 11) is 0. The van der Waals surface area contributed by atoms with Crippen molar-refractivity contribution in [3.63, 3.8) is 0 Å². The van der Waals surface area contributed by atoms with Crippen LogP contribution in [0.3, 0.4) is 0 Å². The zero-order valence-electron chi connectivity index (χ0n) is 11.0. The van der Waals surface area contributed by atoms with Gasteiger partial charge in [0.1, 0.15) is 17.7 Å². The van der Waals surface area contributed by atoms with Crippen molar-refractivity contribution in [3.8, 4) is 0 Å². The normalized spacial score (nSPS) is 12.2. The number of hydrogen-bond acceptors (Lipinski definition) is 2. The van der Waals surface area contributed by atoms with E-state index in [4.69, 9.17) is 4.74 Å². The Kier molecular flexibility index (Phi) is 4.58. The molecule has 2 aromatic carbocycles. The van der Waals surface area contributed by atoms with E-state index >= 15 is 0 Å².